The molecule has 1 N–H and O–H groups in total. The van der Waals surface area contributed by atoms with Crippen LogP contribution in [0.2, 0.25) is 0 Å². The van der Waals surface area contributed by atoms with Gasteiger partial charge < -0.3 is 19.1 Å². The number of esters is 1. The van der Waals surface area contributed by atoms with Crippen LogP contribution in [0.25, 0.3) is 0 Å². The van der Waals surface area contributed by atoms with Crippen LogP contribution in [-0.4, -0.2) is 61.6 Å². The first-order valence-electron chi connectivity index (χ1n) is 5.46. The first kappa shape index (κ1) is 15.9. The van der Waals surface area contributed by atoms with Gasteiger partial charge in [0.1, 0.15) is 13.0 Å². The van der Waals surface area contributed by atoms with E-state index in [2.05, 4.69) is 0 Å². The van der Waals surface area contributed by atoms with Crippen LogP contribution in [-0.2, 0) is 19.1 Å². The lowest BCUT2D eigenvalue weighted by molar-refractivity contribution is -0.880. The number of carboxylic acids is 1. The maximum absolute atomic E-state index is 11.1. The monoisotopic (exact) mass is 248 g/mol. The van der Waals surface area contributed by atoms with E-state index in [1.54, 1.807) is 6.92 Å². The highest BCUT2D eigenvalue weighted by atomic mass is 16.7. The minimum absolute atomic E-state index is 0.271. The van der Waals surface area contributed by atoms with E-state index >= 15 is 0 Å². The third-order valence-corrected chi connectivity index (χ3v) is 1.87. The summed E-state index contributed by atoms with van der Waals surface area (Å²) in [6, 6.07) is 0. The van der Waals surface area contributed by atoms with Crippen LogP contribution in [0.1, 0.15) is 20.3 Å². The van der Waals surface area contributed by atoms with Gasteiger partial charge in [-0.2, -0.15) is 0 Å². The largest absolute Gasteiger partial charge is 0.481 e. The molecular weight excluding hydrogens is 226 g/mol. The predicted molar refractivity (Wildman–Crippen MR) is 61.3 cm³/mol. The Bertz CT molecular complexity index is 266. The maximum Gasteiger partial charge on any atom is 0.310 e. The Balaban J connectivity index is 5.07. The molecule has 0 aliphatic carbocycles. The standard InChI is InChI=1S/C11H21NO5/c1-6-16-11(7-10(14)15,17-9(2)13)8-12(3,4)5/h6-8H2,1-5H3/p+1. The van der Waals surface area contributed by atoms with Gasteiger partial charge in [-0.05, 0) is 6.92 Å². The lowest BCUT2D eigenvalue weighted by Gasteiger charge is -2.37. The number of hydrogen-bond acceptors (Lipinski definition) is 4. The lowest BCUT2D eigenvalue weighted by atomic mass is 10.1. The molecule has 0 heterocycles. The van der Waals surface area contributed by atoms with Gasteiger partial charge in [0.25, 0.3) is 5.79 Å². The second-order valence-corrected chi connectivity index (χ2v) is 4.96. The van der Waals surface area contributed by atoms with Crippen LogP contribution < -0.4 is 0 Å². The van der Waals surface area contributed by atoms with E-state index < -0.39 is 17.7 Å². The Morgan fingerprint density at radius 1 is 1.29 bits per heavy atom. The summed E-state index contributed by atoms with van der Waals surface area (Å²) in [7, 11) is 5.62. The summed E-state index contributed by atoms with van der Waals surface area (Å²) in [5.41, 5.74) is 0. The highest BCUT2D eigenvalue weighted by molar-refractivity contribution is 5.70. The number of quaternary nitrogens is 1. The molecule has 0 aromatic rings. The van der Waals surface area contributed by atoms with Gasteiger partial charge in [0.05, 0.1) is 21.1 Å². The lowest BCUT2D eigenvalue weighted by Crippen LogP contribution is -2.54. The van der Waals surface area contributed by atoms with Crippen molar-refractivity contribution < 1.29 is 28.7 Å². The molecule has 17 heavy (non-hydrogen) atoms. The average molecular weight is 248 g/mol. The number of rotatable bonds is 7. The van der Waals surface area contributed by atoms with Crippen LogP contribution in [0.4, 0.5) is 0 Å². The molecule has 0 saturated carbocycles. The Morgan fingerprint density at radius 3 is 2.12 bits per heavy atom. The summed E-state index contributed by atoms with van der Waals surface area (Å²) in [6.45, 7) is 3.52. The number of aliphatic carboxylic acids is 1. The number of carbonyl (C=O) groups excluding carboxylic acids is 1. The molecule has 0 bridgehead atoms. The number of carboxylic acid groups (broad SMARTS) is 1. The Labute approximate surface area is 102 Å². The maximum atomic E-state index is 11.1. The molecule has 6 nitrogen and oxygen atoms in total. The van der Waals surface area contributed by atoms with Crippen molar-refractivity contribution in [1.82, 2.24) is 0 Å². The Hall–Kier alpha value is -1.14. The van der Waals surface area contributed by atoms with E-state index in [1.165, 1.54) is 6.92 Å². The molecule has 0 saturated heterocycles. The van der Waals surface area contributed by atoms with E-state index in [4.69, 9.17) is 14.6 Å². The SMILES string of the molecule is CCOC(CC(=O)O)(C[N+](C)(C)C)OC(C)=O. The van der Waals surface area contributed by atoms with Gasteiger partial charge in [0, 0.05) is 13.5 Å². The highest BCUT2D eigenvalue weighted by Gasteiger charge is 2.42. The number of ether oxygens (including phenoxy) is 2. The normalized spacial score (nSPS) is 15.1. The molecular formula is C11H22NO5+. The summed E-state index contributed by atoms with van der Waals surface area (Å²) in [5.74, 6) is -3.01. The highest BCUT2D eigenvalue weighted by Crippen LogP contribution is 2.22. The van der Waals surface area contributed by atoms with Crippen LogP contribution in [0.15, 0.2) is 0 Å². The molecule has 0 aromatic carbocycles. The van der Waals surface area contributed by atoms with E-state index in [9.17, 15) is 9.59 Å². The van der Waals surface area contributed by atoms with Crippen LogP contribution in [0.3, 0.4) is 0 Å². The minimum Gasteiger partial charge on any atom is -0.481 e. The van der Waals surface area contributed by atoms with E-state index in [1.807, 2.05) is 21.1 Å². The van der Waals surface area contributed by atoms with Crippen molar-refractivity contribution in [2.45, 2.75) is 26.1 Å². The van der Waals surface area contributed by atoms with Crippen molar-refractivity contribution in [1.29, 1.82) is 0 Å². The minimum atomic E-state index is -1.40. The molecule has 0 rings (SSSR count). The topological polar surface area (TPSA) is 72.8 Å². The Morgan fingerprint density at radius 2 is 1.82 bits per heavy atom. The molecule has 0 aromatic heterocycles. The fourth-order valence-corrected chi connectivity index (χ4v) is 1.73. The first-order chi connectivity index (χ1) is 7.60. The fraction of sp³-hybridized carbons (Fsp3) is 0.818. The average Bonchev–Trinajstić information content (AvgIpc) is 1.95. The number of nitrogens with zero attached hydrogens (tertiary/aromatic N) is 1. The van der Waals surface area contributed by atoms with Gasteiger partial charge in [0.15, 0.2) is 0 Å². The van der Waals surface area contributed by atoms with E-state index in [0.717, 1.165) is 0 Å². The summed E-state index contributed by atoms with van der Waals surface area (Å²) >= 11 is 0. The third-order valence-electron chi connectivity index (χ3n) is 1.87. The fourth-order valence-electron chi connectivity index (χ4n) is 1.73. The third kappa shape index (κ3) is 6.91. The molecule has 6 heteroatoms. The number of carbonyl (C=O) groups is 2. The summed E-state index contributed by atoms with van der Waals surface area (Å²) in [4.78, 5) is 22.0. The second kappa shape index (κ2) is 5.97. The summed E-state index contributed by atoms with van der Waals surface area (Å²) in [6.07, 6.45) is -0.365. The molecule has 1 atom stereocenters. The Kier molecular flexibility index (Phi) is 5.57. The second-order valence-electron chi connectivity index (χ2n) is 4.96. The van der Waals surface area contributed by atoms with Crippen molar-refractivity contribution in [3.63, 3.8) is 0 Å². The van der Waals surface area contributed by atoms with Crippen LogP contribution >= 0.6 is 0 Å². The van der Waals surface area contributed by atoms with Gasteiger partial charge in [-0.15, -0.1) is 0 Å². The quantitative estimate of drug-likeness (QED) is 0.402. The zero-order valence-corrected chi connectivity index (χ0v) is 11.1. The molecule has 0 radical (unpaired) electrons. The van der Waals surface area contributed by atoms with Crippen LogP contribution in [0.5, 0.6) is 0 Å². The summed E-state index contributed by atoms with van der Waals surface area (Å²) < 4.78 is 10.9. The van der Waals surface area contributed by atoms with Gasteiger partial charge in [-0.25, -0.2) is 0 Å². The van der Waals surface area contributed by atoms with Gasteiger partial charge in [0.2, 0.25) is 0 Å². The van der Waals surface area contributed by atoms with Crippen molar-refractivity contribution in [3.8, 4) is 0 Å². The molecule has 0 spiro atoms. The van der Waals surface area contributed by atoms with Gasteiger partial charge in [-0.1, -0.05) is 0 Å². The molecule has 0 amide bonds. The molecule has 1 unspecified atom stereocenters. The van der Waals surface area contributed by atoms with Crippen molar-refractivity contribution in [2.24, 2.45) is 0 Å². The van der Waals surface area contributed by atoms with Gasteiger partial charge >= 0.3 is 11.9 Å². The summed E-state index contributed by atoms with van der Waals surface area (Å²) in [5, 5.41) is 8.91. The van der Waals surface area contributed by atoms with Crippen molar-refractivity contribution in [2.75, 3.05) is 34.3 Å². The van der Waals surface area contributed by atoms with E-state index in [-0.39, 0.29) is 19.6 Å². The zero-order chi connectivity index (χ0) is 13.7. The van der Waals surface area contributed by atoms with Crippen molar-refractivity contribution in [3.05, 3.63) is 0 Å². The molecule has 0 aliphatic heterocycles. The van der Waals surface area contributed by atoms with Crippen LogP contribution in [0, 0.1) is 0 Å². The molecule has 100 valence electrons. The number of likely N-dealkylation sites (N-methyl/N-ethyl adjacent to an activating group) is 1. The van der Waals surface area contributed by atoms with Gasteiger partial charge in [-0.3, -0.25) is 9.59 Å². The zero-order valence-electron chi connectivity index (χ0n) is 11.1. The number of hydrogen-bond donors (Lipinski definition) is 1. The smallest absolute Gasteiger partial charge is 0.310 e. The molecule has 0 fully saturated rings. The molecule has 0 aliphatic rings. The predicted octanol–water partition coefficient (Wildman–Crippen LogP) is 0.463. The first-order valence-corrected chi connectivity index (χ1v) is 5.46. The van der Waals surface area contributed by atoms with E-state index in [0.29, 0.717) is 4.48 Å². The van der Waals surface area contributed by atoms with Crippen molar-refractivity contribution >= 4 is 11.9 Å².